The second kappa shape index (κ2) is 4.06. The lowest BCUT2D eigenvalue weighted by atomic mass is 10.0. The fourth-order valence-corrected chi connectivity index (χ4v) is 1.52. The third-order valence-corrected chi connectivity index (χ3v) is 2.37. The van der Waals surface area contributed by atoms with Gasteiger partial charge < -0.3 is 10.8 Å². The summed E-state index contributed by atoms with van der Waals surface area (Å²) in [5, 5.41) is 16.6. The maximum atomic E-state index is 9.19. The number of hydrogen-bond donors (Lipinski definition) is 3. The van der Waals surface area contributed by atoms with E-state index in [1.165, 1.54) is 0 Å². The lowest BCUT2D eigenvalue weighted by molar-refractivity contribution is 0.475. The molecule has 3 heteroatoms. The van der Waals surface area contributed by atoms with Gasteiger partial charge in [0.2, 0.25) is 0 Å². The monoisotopic (exact) mass is 212 g/mol. The molecular weight excluding hydrogens is 200 g/mol. The molecule has 0 saturated heterocycles. The van der Waals surface area contributed by atoms with Crippen LogP contribution in [0.1, 0.15) is 5.56 Å². The first kappa shape index (κ1) is 10.2. The van der Waals surface area contributed by atoms with Crippen molar-refractivity contribution in [2.75, 3.05) is 0 Å². The molecule has 0 heterocycles. The topological polar surface area (TPSA) is 70.1 Å². The van der Waals surface area contributed by atoms with Gasteiger partial charge in [-0.05, 0) is 29.3 Å². The van der Waals surface area contributed by atoms with Crippen LogP contribution in [0.2, 0.25) is 0 Å². The minimum atomic E-state index is 0.0561. The average Bonchev–Trinajstić information content (AvgIpc) is 2.30. The van der Waals surface area contributed by atoms with Crippen LogP contribution in [0, 0.1) is 5.41 Å². The number of nitrogen functional groups attached to an aromatic ring is 1. The van der Waals surface area contributed by atoms with Crippen LogP contribution in [-0.4, -0.2) is 10.9 Å². The van der Waals surface area contributed by atoms with Gasteiger partial charge in [-0.1, -0.05) is 30.3 Å². The van der Waals surface area contributed by atoms with Crippen molar-refractivity contribution in [2.24, 2.45) is 5.73 Å². The Kier molecular flexibility index (Phi) is 2.60. The summed E-state index contributed by atoms with van der Waals surface area (Å²) in [5.74, 6) is 0.298. The van der Waals surface area contributed by atoms with Gasteiger partial charge in [0.15, 0.2) is 0 Å². The normalized spacial score (nSPS) is 10.0. The first-order valence-corrected chi connectivity index (χ1v) is 4.91. The Morgan fingerprint density at radius 3 is 2.31 bits per heavy atom. The van der Waals surface area contributed by atoms with Crippen molar-refractivity contribution in [1.29, 1.82) is 5.41 Å². The third kappa shape index (κ3) is 2.03. The van der Waals surface area contributed by atoms with Gasteiger partial charge in [-0.15, -0.1) is 0 Å². The summed E-state index contributed by atoms with van der Waals surface area (Å²) in [6, 6.07) is 14.4. The Balaban J connectivity index is 2.44. The van der Waals surface area contributed by atoms with Crippen LogP contribution in [0.25, 0.3) is 11.1 Å². The molecule has 80 valence electrons. The summed E-state index contributed by atoms with van der Waals surface area (Å²) in [6.07, 6.45) is 0. The van der Waals surface area contributed by atoms with E-state index in [0.29, 0.717) is 5.56 Å². The Bertz CT molecular complexity index is 518. The Labute approximate surface area is 93.7 Å². The number of nitrogens with two attached hydrogens (primary N) is 1. The Hall–Kier alpha value is -2.29. The summed E-state index contributed by atoms with van der Waals surface area (Å²) >= 11 is 0. The van der Waals surface area contributed by atoms with Crippen molar-refractivity contribution in [3.05, 3.63) is 54.1 Å². The summed E-state index contributed by atoms with van der Waals surface area (Å²) in [6.45, 7) is 0. The number of phenols is 1. The van der Waals surface area contributed by atoms with Gasteiger partial charge in [-0.3, -0.25) is 5.41 Å². The van der Waals surface area contributed by atoms with Gasteiger partial charge in [0.25, 0.3) is 0 Å². The van der Waals surface area contributed by atoms with E-state index in [1.54, 1.807) is 18.2 Å². The van der Waals surface area contributed by atoms with Crippen LogP contribution in [0.3, 0.4) is 0 Å². The third-order valence-electron chi connectivity index (χ3n) is 2.37. The summed E-state index contributed by atoms with van der Waals surface area (Å²) in [4.78, 5) is 0. The number of rotatable bonds is 2. The zero-order valence-electron chi connectivity index (χ0n) is 8.64. The molecule has 0 fully saturated rings. The number of amidine groups is 1. The molecule has 0 unspecified atom stereocenters. The molecule has 2 aromatic rings. The molecule has 0 amide bonds. The average molecular weight is 212 g/mol. The highest BCUT2D eigenvalue weighted by molar-refractivity contribution is 5.96. The number of benzene rings is 2. The Morgan fingerprint density at radius 1 is 1.00 bits per heavy atom. The zero-order chi connectivity index (χ0) is 11.5. The van der Waals surface area contributed by atoms with E-state index < -0.39 is 0 Å². The highest BCUT2D eigenvalue weighted by Crippen LogP contribution is 2.22. The molecule has 16 heavy (non-hydrogen) atoms. The fourth-order valence-electron chi connectivity index (χ4n) is 1.52. The van der Waals surface area contributed by atoms with Crippen LogP contribution in [0.15, 0.2) is 48.5 Å². The minimum absolute atomic E-state index is 0.0561. The molecule has 3 nitrogen and oxygen atoms in total. The van der Waals surface area contributed by atoms with E-state index in [0.717, 1.165) is 11.1 Å². The minimum Gasteiger partial charge on any atom is -0.508 e. The van der Waals surface area contributed by atoms with Gasteiger partial charge >= 0.3 is 0 Å². The predicted molar refractivity (Wildman–Crippen MR) is 64.6 cm³/mol. The van der Waals surface area contributed by atoms with Crippen molar-refractivity contribution in [3.8, 4) is 16.9 Å². The Morgan fingerprint density at radius 2 is 1.69 bits per heavy atom. The van der Waals surface area contributed by atoms with Gasteiger partial charge in [0.05, 0.1) is 0 Å². The quantitative estimate of drug-likeness (QED) is 0.528. The van der Waals surface area contributed by atoms with E-state index in [4.69, 9.17) is 11.1 Å². The maximum absolute atomic E-state index is 9.19. The molecule has 2 rings (SSSR count). The van der Waals surface area contributed by atoms with E-state index in [1.807, 2.05) is 30.3 Å². The SMILES string of the molecule is N=C(N)c1cccc(-c2ccc(O)cc2)c1. The molecule has 0 aliphatic rings. The molecule has 0 aliphatic carbocycles. The van der Waals surface area contributed by atoms with Crippen LogP contribution in [0.5, 0.6) is 5.75 Å². The van der Waals surface area contributed by atoms with Crippen LogP contribution < -0.4 is 5.73 Å². The second-order valence-corrected chi connectivity index (χ2v) is 3.54. The van der Waals surface area contributed by atoms with Crippen molar-refractivity contribution in [1.82, 2.24) is 0 Å². The highest BCUT2D eigenvalue weighted by atomic mass is 16.3. The molecular formula is C13H12N2O. The molecule has 0 bridgehead atoms. The van der Waals surface area contributed by atoms with Crippen molar-refractivity contribution < 1.29 is 5.11 Å². The second-order valence-electron chi connectivity index (χ2n) is 3.54. The standard InChI is InChI=1S/C13H12N2O/c14-13(15)11-3-1-2-10(8-11)9-4-6-12(16)7-5-9/h1-8,16H,(H3,14,15). The molecule has 0 atom stereocenters. The molecule has 0 aliphatic heterocycles. The van der Waals surface area contributed by atoms with E-state index in [9.17, 15) is 5.11 Å². The lowest BCUT2D eigenvalue weighted by Crippen LogP contribution is -2.10. The lowest BCUT2D eigenvalue weighted by Gasteiger charge is -2.04. The maximum Gasteiger partial charge on any atom is 0.122 e. The summed E-state index contributed by atoms with van der Waals surface area (Å²) in [5.41, 5.74) is 8.09. The number of phenolic OH excluding ortho intramolecular Hbond substituents is 1. The predicted octanol–water partition coefficient (Wildman–Crippen LogP) is 2.34. The summed E-state index contributed by atoms with van der Waals surface area (Å²) < 4.78 is 0. The first-order valence-electron chi connectivity index (χ1n) is 4.91. The molecule has 0 saturated carbocycles. The number of nitrogens with one attached hydrogen (secondary N) is 1. The molecule has 4 N–H and O–H groups in total. The fraction of sp³-hybridized carbons (Fsp3) is 0. The summed E-state index contributed by atoms with van der Waals surface area (Å²) in [7, 11) is 0. The van der Waals surface area contributed by atoms with E-state index in [-0.39, 0.29) is 11.6 Å². The van der Waals surface area contributed by atoms with Crippen LogP contribution in [-0.2, 0) is 0 Å². The van der Waals surface area contributed by atoms with E-state index in [2.05, 4.69) is 0 Å². The van der Waals surface area contributed by atoms with E-state index >= 15 is 0 Å². The highest BCUT2D eigenvalue weighted by Gasteiger charge is 2.01. The van der Waals surface area contributed by atoms with Gasteiger partial charge in [0, 0.05) is 5.56 Å². The largest absolute Gasteiger partial charge is 0.508 e. The van der Waals surface area contributed by atoms with Crippen molar-refractivity contribution in [3.63, 3.8) is 0 Å². The molecule has 0 radical (unpaired) electrons. The van der Waals surface area contributed by atoms with Gasteiger partial charge in [-0.25, -0.2) is 0 Å². The van der Waals surface area contributed by atoms with Crippen LogP contribution >= 0.6 is 0 Å². The van der Waals surface area contributed by atoms with Crippen molar-refractivity contribution >= 4 is 5.84 Å². The molecule has 0 spiro atoms. The molecule has 0 aromatic heterocycles. The smallest absolute Gasteiger partial charge is 0.122 e. The number of hydrogen-bond acceptors (Lipinski definition) is 2. The van der Waals surface area contributed by atoms with Crippen molar-refractivity contribution in [2.45, 2.75) is 0 Å². The van der Waals surface area contributed by atoms with Crippen LogP contribution in [0.4, 0.5) is 0 Å². The number of aromatic hydroxyl groups is 1. The molecule has 2 aromatic carbocycles. The zero-order valence-corrected chi connectivity index (χ0v) is 8.64. The van der Waals surface area contributed by atoms with Gasteiger partial charge in [-0.2, -0.15) is 0 Å². The first-order chi connectivity index (χ1) is 7.66. The van der Waals surface area contributed by atoms with Gasteiger partial charge in [0.1, 0.15) is 11.6 Å².